The molecule has 0 unspecified atom stereocenters. The van der Waals surface area contributed by atoms with Gasteiger partial charge in [-0.1, -0.05) is 11.2 Å². The summed E-state index contributed by atoms with van der Waals surface area (Å²) in [6.07, 6.45) is 0.720. The van der Waals surface area contributed by atoms with E-state index in [0.29, 0.717) is 18.3 Å². The second-order valence-corrected chi connectivity index (χ2v) is 4.23. The molecule has 1 heterocycles. The summed E-state index contributed by atoms with van der Waals surface area (Å²) in [7, 11) is 0. The van der Waals surface area contributed by atoms with Gasteiger partial charge in [0.05, 0.1) is 0 Å². The molecule has 96 valence electrons. The summed E-state index contributed by atoms with van der Waals surface area (Å²) in [5.74, 6) is 1.09. The van der Waals surface area contributed by atoms with Crippen LogP contribution in [0.1, 0.15) is 22.8 Å². The van der Waals surface area contributed by atoms with Gasteiger partial charge in [0.1, 0.15) is 5.82 Å². The number of hydrogen-bond donors (Lipinski definition) is 1. The van der Waals surface area contributed by atoms with Crippen molar-refractivity contribution in [2.75, 3.05) is 6.54 Å². The molecule has 1 aromatic carbocycles. The van der Waals surface area contributed by atoms with E-state index in [2.05, 4.69) is 15.5 Å². The molecular weight excluding hydrogens is 233 g/mol. The largest absolute Gasteiger partial charge is 0.340 e. The topological polar surface area (TPSA) is 51.0 Å². The molecule has 0 atom stereocenters. The second kappa shape index (κ2) is 5.73. The number of halogens is 1. The second-order valence-electron chi connectivity index (χ2n) is 4.23. The molecule has 0 fully saturated rings. The molecule has 18 heavy (non-hydrogen) atoms. The lowest BCUT2D eigenvalue weighted by atomic mass is 10.1. The zero-order chi connectivity index (χ0) is 13.0. The van der Waals surface area contributed by atoms with Crippen LogP contribution in [-0.2, 0) is 13.0 Å². The maximum Gasteiger partial charge on any atom is 0.223 e. The molecule has 0 amide bonds. The molecule has 2 rings (SSSR count). The molecule has 2 aromatic rings. The minimum absolute atomic E-state index is 0.196. The highest BCUT2D eigenvalue weighted by Crippen LogP contribution is 2.09. The van der Waals surface area contributed by atoms with Crippen LogP contribution < -0.4 is 5.32 Å². The summed E-state index contributed by atoms with van der Waals surface area (Å²) < 4.78 is 17.8. The third kappa shape index (κ3) is 3.37. The van der Waals surface area contributed by atoms with E-state index in [1.54, 1.807) is 19.1 Å². The Hall–Kier alpha value is -1.75. The first-order valence-corrected chi connectivity index (χ1v) is 5.90. The first-order chi connectivity index (χ1) is 8.65. The van der Waals surface area contributed by atoms with Crippen LogP contribution in [-0.4, -0.2) is 16.7 Å². The molecule has 0 aliphatic heterocycles. The lowest BCUT2D eigenvalue weighted by molar-refractivity contribution is 0.387. The van der Waals surface area contributed by atoms with Gasteiger partial charge in [-0.2, -0.15) is 4.98 Å². The molecule has 0 radical (unpaired) electrons. The number of nitrogens with zero attached hydrogens (tertiary/aromatic N) is 2. The predicted octanol–water partition coefficient (Wildman–Crippen LogP) is 2.16. The number of aromatic nitrogens is 2. The summed E-state index contributed by atoms with van der Waals surface area (Å²) in [5, 5.41) is 7.09. The Morgan fingerprint density at radius 3 is 2.83 bits per heavy atom. The van der Waals surface area contributed by atoms with E-state index >= 15 is 0 Å². The van der Waals surface area contributed by atoms with E-state index in [1.807, 2.05) is 6.92 Å². The lowest BCUT2D eigenvalue weighted by Crippen LogP contribution is -2.17. The number of rotatable bonds is 5. The standard InChI is InChI=1S/C13H16FN3O/c1-9-7-12(14)4-3-11(9)8-15-6-5-13-16-10(2)18-17-13/h3-4,7,15H,5-6,8H2,1-2H3. The van der Waals surface area contributed by atoms with Gasteiger partial charge in [0, 0.05) is 26.4 Å². The van der Waals surface area contributed by atoms with E-state index in [4.69, 9.17) is 4.52 Å². The fourth-order valence-electron chi connectivity index (χ4n) is 1.72. The fraction of sp³-hybridized carbons (Fsp3) is 0.385. The average molecular weight is 249 g/mol. The molecule has 0 bridgehead atoms. The quantitative estimate of drug-likeness (QED) is 0.825. The van der Waals surface area contributed by atoms with Gasteiger partial charge in [-0.3, -0.25) is 0 Å². The van der Waals surface area contributed by atoms with Crippen molar-refractivity contribution in [3.8, 4) is 0 Å². The SMILES string of the molecule is Cc1nc(CCNCc2ccc(F)cc2C)no1. The van der Waals surface area contributed by atoms with E-state index in [-0.39, 0.29) is 5.82 Å². The summed E-state index contributed by atoms with van der Waals surface area (Å²) in [5.41, 5.74) is 2.05. The van der Waals surface area contributed by atoms with Gasteiger partial charge in [-0.15, -0.1) is 0 Å². The van der Waals surface area contributed by atoms with Crippen molar-refractivity contribution in [3.05, 3.63) is 46.9 Å². The molecule has 1 aromatic heterocycles. The van der Waals surface area contributed by atoms with Crippen molar-refractivity contribution in [1.82, 2.24) is 15.5 Å². The Kier molecular flexibility index (Phi) is 4.04. The maximum absolute atomic E-state index is 12.9. The molecule has 1 N–H and O–H groups in total. The van der Waals surface area contributed by atoms with Gasteiger partial charge >= 0.3 is 0 Å². The predicted molar refractivity (Wildman–Crippen MR) is 65.6 cm³/mol. The van der Waals surface area contributed by atoms with Crippen LogP contribution in [0.3, 0.4) is 0 Å². The van der Waals surface area contributed by atoms with Crippen LogP contribution in [0, 0.1) is 19.7 Å². The summed E-state index contributed by atoms with van der Waals surface area (Å²) in [6, 6.07) is 4.82. The number of nitrogens with one attached hydrogen (secondary N) is 1. The first kappa shape index (κ1) is 12.7. The summed E-state index contributed by atoms with van der Waals surface area (Å²) in [4.78, 5) is 4.12. The normalized spacial score (nSPS) is 10.8. The van der Waals surface area contributed by atoms with Gasteiger partial charge < -0.3 is 9.84 Å². The van der Waals surface area contributed by atoms with Crippen molar-refractivity contribution in [2.24, 2.45) is 0 Å². The van der Waals surface area contributed by atoms with Gasteiger partial charge in [0.25, 0.3) is 0 Å². The Morgan fingerprint density at radius 2 is 2.17 bits per heavy atom. The van der Waals surface area contributed by atoms with Crippen LogP contribution in [0.2, 0.25) is 0 Å². The molecule has 0 aliphatic carbocycles. The first-order valence-electron chi connectivity index (χ1n) is 5.90. The zero-order valence-electron chi connectivity index (χ0n) is 10.5. The van der Waals surface area contributed by atoms with Crippen molar-refractivity contribution in [2.45, 2.75) is 26.8 Å². The van der Waals surface area contributed by atoms with E-state index in [9.17, 15) is 4.39 Å². The highest BCUT2D eigenvalue weighted by molar-refractivity contribution is 5.26. The van der Waals surface area contributed by atoms with Gasteiger partial charge in [-0.05, 0) is 30.2 Å². The average Bonchev–Trinajstić information content (AvgIpc) is 2.73. The van der Waals surface area contributed by atoms with E-state index in [1.165, 1.54) is 6.07 Å². The Bertz CT molecular complexity index is 525. The van der Waals surface area contributed by atoms with Crippen molar-refractivity contribution >= 4 is 0 Å². The molecule has 5 heteroatoms. The third-order valence-corrected chi connectivity index (χ3v) is 2.72. The van der Waals surface area contributed by atoms with Crippen LogP contribution in [0.4, 0.5) is 4.39 Å². The molecular formula is C13H16FN3O. The van der Waals surface area contributed by atoms with Crippen molar-refractivity contribution in [1.29, 1.82) is 0 Å². The highest BCUT2D eigenvalue weighted by Gasteiger charge is 2.02. The monoisotopic (exact) mass is 249 g/mol. The summed E-state index contributed by atoms with van der Waals surface area (Å²) in [6.45, 7) is 5.15. The lowest BCUT2D eigenvalue weighted by Gasteiger charge is -2.06. The van der Waals surface area contributed by atoms with Crippen LogP contribution in [0.15, 0.2) is 22.7 Å². The van der Waals surface area contributed by atoms with E-state index < -0.39 is 0 Å². The Balaban J connectivity index is 1.78. The van der Waals surface area contributed by atoms with Crippen molar-refractivity contribution in [3.63, 3.8) is 0 Å². The molecule has 0 spiro atoms. The summed E-state index contributed by atoms with van der Waals surface area (Å²) >= 11 is 0. The van der Waals surface area contributed by atoms with Crippen molar-refractivity contribution < 1.29 is 8.91 Å². The highest BCUT2D eigenvalue weighted by atomic mass is 19.1. The Labute approximate surface area is 105 Å². The Morgan fingerprint density at radius 1 is 1.33 bits per heavy atom. The fourth-order valence-corrected chi connectivity index (χ4v) is 1.72. The number of hydrogen-bond acceptors (Lipinski definition) is 4. The minimum atomic E-state index is -0.196. The third-order valence-electron chi connectivity index (χ3n) is 2.72. The van der Waals surface area contributed by atoms with Gasteiger partial charge in [0.2, 0.25) is 5.89 Å². The zero-order valence-corrected chi connectivity index (χ0v) is 10.5. The maximum atomic E-state index is 12.9. The molecule has 4 nitrogen and oxygen atoms in total. The molecule has 0 aliphatic rings. The number of benzene rings is 1. The smallest absolute Gasteiger partial charge is 0.223 e. The van der Waals surface area contributed by atoms with E-state index in [0.717, 1.165) is 24.1 Å². The molecule has 0 saturated heterocycles. The number of aryl methyl sites for hydroxylation is 2. The molecule has 0 saturated carbocycles. The van der Waals surface area contributed by atoms with Gasteiger partial charge in [0.15, 0.2) is 5.82 Å². The van der Waals surface area contributed by atoms with Gasteiger partial charge in [-0.25, -0.2) is 4.39 Å². The van der Waals surface area contributed by atoms with Crippen LogP contribution >= 0.6 is 0 Å². The van der Waals surface area contributed by atoms with Crippen LogP contribution in [0.5, 0.6) is 0 Å². The van der Waals surface area contributed by atoms with Crippen LogP contribution in [0.25, 0.3) is 0 Å². The minimum Gasteiger partial charge on any atom is -0.340 e.